The molecular formula is C15H20N4O. The zero-order chi connectivity index (χ0) is 14.5. The molecule has 1 aromatic rings. The molecule has 106 valence electrons. The lowest BCUT2D eigenvalue weighted by Gasteiger charge is -2.26. The Bertz CT molecular complexity index is 559. The lowest BCUT2D eigenvalue weighted by atomic mass is 9.95. The molecule has 2 rings (SSSR count). The van der Waals surface area contributed by atoms with Gasteiger partial charge >= 0.3 is 5.91 Å². The van der Waals surface area contributed by atoms with Crippen LogP contribution < -0.4 is 5.43 Å². The molecule has 0 aromatic carbocycles. The van der Waals surface area contributed by atoms with Gasteiger partial charge in [0.15, 0.2) is 6.07 Å². The highest BCUT2D eigenvalue weighted by molar-refractivity contribution is 5.92. The number of nitrogens with zero attached hydrogens (tertiary/aromatic N) is 3. The van der Waals surface area contributed by atoms with E-state index in [2.05, 4.69) is 35.0 Å². The van der Waals surface area contributed by atoms with Gasteiger partial charge in [0.2, 0.25) is 0 Å². The average Bonchev–Trinajstić information content (AvgIpc) is 2.74. The summed E-state index contributed by atoms with van der Waals surface area (Å²) in [5, 5.41) is 12.2. The topological polar surface area (TPSA) is 70.2 Å². The molecule has 0 saturated heterocycles. The van der Waals surface area contributed by atoms with E-state index in [1.807, 2.05) is 0 Å². The van der Waals surface area contributed by atoms with E-state index in [1.54, 1.807) is 6.21 Å². The number of aryl methyl sites for hydroxylation is 1. The maximum absolute atomic E-state index is 10.8. The third-order valence-electron chi connectivity index (χ3n) is 3.93. The molecule has 0 aliphatic heterocycles. The molecule has 1 fully saturated rings. The molecular weight excluding hydrogens is 252 g/mol. The maximum Gasteiger partial charge on any atom is 0.342 e. The minimum Gasteiger partial charge on any atom is -0.345 e. The van der Waals surface area contributed by atoms with Gasteiger partial charge in [-0.05, 0) is 32.8 Å². The minimum absolute atomic E-state index is 0.583. The Morgan fingerprint density at radius 2 is 2.15 bits per heavy atom. The van der Waals surface area contributed by atoms with Gasteiger partial charge in [0.1, 0.15) is 0 Å². The Morgan fingerprint density at radius 1 is 1.45 bits per heavy atom. The fraction of sp³-hybridized carbons (Fsp3) is 0.533. The molecule has 1 heterocycles. The van der Waals surface area contributed by atoms with Crippen LogP contribution >= 0.6 is 0 Å². The van der Waals surface area contributed by atoms with Crippen molar-refractivity contribution in [1.29, 1.82) is 5.26 Å². The number of nitrogens with one attached hydrogen (secondary N) is 1. The van der Waals surface area contributed by atoms with Crippen LogP contribution in [-0.4, -0.2) is 16.7 Å². The minimum atomic E-state index is -0.748. The van der Waals surface area contributed by atoms with Crippen molar-refractivity contribution >= 4 is 12.1 Å². The summed E-state index contributed by atoms with van der Waals surface area (Å²) in [6.45, 7) is 4.18. The normalized spacial score (nSPS) is 16.2. The number of hydrazone groups is 1. The number of rotatable bonds is 3. The van der Waals surface area contributed by atoms with Gasteiger partial charge in [-0.2, -0.15) is 10.4 Å². The molecule has 0 unspecified atom stereocenters. The van der Waals surface area contributed by atoms with Gasteiger partial charge in [-0.1, -0.05) is 19.3 Å². The first-order valence-corrected chi connectivity index (χ1v) is 7.05. The first-order chi connectivity index (χ1) is 9.63. The maximum atomic E-state index is 10.8. The monoisotopic (exact) mass is 272 g/mol. The largest absolute Gasteiger partial charge is 0.345 e. The van der Waals surface area contributed by atoms with Crippen LogP contribution in [0.4, 0.5) is 0 Å². The second-order valence-electron chi connectivity index (χ2n) is 5.30. The third kappa shape index (κ3) is 3.08. The van der Waals surface area contributed by atoms with Crippen molar-refractivity contribution in [3.63, 3.8) is 0 Å². The summed E-state index contributed by atoms with van der Waals surface area (Å²) < 4.78 is 2.38. The number of hydrogen-bond donors (Lipinski definition) is 1. The van der Waals surface area contributed by atoms with Gasteiger partial charge in [0.05, 0.1) is 6.21 Å². The fourth-order valence-corrected chi connectivity index (χ4v) is 3.02. The SMILES string of the molecule is Cc1cc(/C=N\NC(=O)C#N)c(C)n1C1CCCCC1. The van der Waals surface area contributed by atoms with Crippen LogP contribution in [0.15, 0.2) is 11.2 Å². The van der Waals surface area contributed by atoms with E-state index in [0.717, 1.165) is 5.56 Å². The van der Waals surface area contributed by atoms with E-state index in [1.165, 1.54) is 49.6 Å². The van der Waals surface area contributed by atoms with Gasteiger partial charge in [0, 0.05) is 23.0 Å². The summed E-state index contributed by atoms with van der Waals surface area (Å²) in [5.41, 5.74) is 5.56. The predicted molar refractivity (Wildman–Crippen MR) is 77.4 cm³/mol. The molecule has 5 nitrogen and oxygen atoms in total. The van der Waals surface area contributed by atoms with Crippen molar-refractivity contribution < 1.29 is 4.79 Å². The van der Waals surface area contributed by atoms with Gasteiger partial charge in [-0.3, -0.25) is 4.79 Å². The summed E-state index contributed by atoms with van der Waals surface area (Å²) in [6, 6.07) is 4.12. The summed E-state index contributed by atoms with van der Waals surface area (Å²) in [5.74, 6) is -0.748. The van der Waals surface area contributed by atoms with E-state index in [-0.39, 0.29) is 0 Å². The van der Waals surface area contributed by atoms with Crippen molar-refractivity contribution in [3.8, 4) is 6.07 Å². The van der Waals surface area contributed by atoms with Crippen molar-refractivity contribution in [2.75, 3.05) is 0 Å². The molecule has 1 saturated carbocycles. The smallest absolute Gasteiger partial charge is 0.342 e. The summed E-state index contributed by atoms with van der Waals surface area (Å²) in [7, 11) is 0. The summed E-state index contributed by atoms with van der Waals surface area (Å²) >= 11 is 0. The Labute approximate surface area is 119 Å². The van der Waals surface area contributed by atoms with E-state index >= 15 is 0 Å². The molecule has 0 atom stereocenters. The van der Waals surface area contributed by atoms with Gasteiger partial charge in [0.25, 0.3) is 0 Å². The first kappa shape index (κ1) is 14.3. The number of carbonyl (C=O) groups is 1. The molecule has 0 radical (unpaired) electrons. The average molecular weight is 272 g/mol. The highest BCUT2D eigenvalue weighted by Crippen LogP contribution is 2.31. The number of carbonyl (C=O) groups excluding carboxylic acids is 1. The molecule has 5 heteroatoms. The summed E-state index contributed by atoms with van der Waals surface area (Å²) in [4.78, 5) is 10.8. The predicted octanol–water partition coefficient (Wildman–Crippen LogP) is 2.58. The highest BCUT2D eigenvalue weighted by Gasteiger charge is 2.19. The number of hydrogen-bond acceptors (Lipinski definition) is 3. The number of aromatic nitrogens is 1. The van der Waals surface area contributed by atoms with Gasteiger partial charge in [-0.25, -0.2) is 5.43 Å². The standard InChI is InChI=1S/C15H20N4O/c1-11-8-13(10-17-18-15(20)9-16)12(2)19(11)14-6-4-3-5-7-14/h8,10,14H,3-7H2,1-2H3,(H,18,20)/b17-10-. The Morgan fingerprint density at radius 3 is 2.80 bits per heavy atom. The Kier molecular flexibility index (Phi) is 4.57. The molecule has 1 N–H and O–H groups in total. The van der Waals surface area contributed by atoms with Crippen molar-refractivity contribution in [1.82, 2.24) is 9.99 Å². The van der Waals surface area contributed by atoms with Gasteiger partial charge in [-0.15, -0.1) is 0 Å². The van der Waals surface area contributed by atoms with Gasteiger partial charge < -0.3 is 4.57 Å². The molecule has 1 aromatic heterocycles. The zero-order valence-corrected chi connectivity index (χ0v) is 12.0. The summed E-state index contributed by atoms with van der Waals surface area (Å²) in [6.07, 6.45) is 8.00. The number of amides is 1. The Balaban J connectivity index is 2.16. The first-order valence-electron chi connectivity index (χ1n) is 7.05. The molecule has 1 amide bonds. The third-order valence-corrected chi connectivity index (χ3v) is 3.93. The second kappa shape index (κ2) is 6.38. The van der Waals surface area contributed by atoms with Crippen LogP contribution in [0.25, 0.3) is 0 Å². The van der Waals surface area contributed by atoms with E-state index in [0.29, 0.717) is 6.04 Å². The van der Waals surface area contributed by atoms with Crippen LogP contribution in [0, 0.1) is 25.2 Å². The Hall–Kier alpha value is -2.09. The molecule has 0 spiro atoms. The fourth-order valence-electron chi connectivity index (χ4n) is 3.02. The zero-order valence-electron chi connectivity index (χ0n) is 12.0. The highest BCUT2D eigenvalue weighted by atomic mass is 16.2. The van der Waals surface area contributed by atoms with Crippen LogP contribution in [0.3, 0.4) is 0 Å². The van der Waals surface area contributed by atoms with Crippen LogP contribution in [0.5, 0.6) is 0 Å². The molecule has 1 aliphatic carbocycles. The van der Waals surface area contributed by atoms with Crippen LogP contribution in [0.2, 0.25) is 0 Å². The van der Waals surface area contributed by atoms with E-state index in [4.69, 9.17) is 5.26 Å². The van der Waals surface area contributed by atoms with E-state index in [9.17, 15) is 4.79 Å². The van der Waals surface area contributed by atoms with Crippen molar-refractivity contribution in [3.05, 3.63) is 23.0 Å². The number of nitriles is 1. The van der Waals surface area contributed by atoms with E-state index < -0.39 is 5.91 Å². The van der Waals surface area contributed by atoms with Crippen molar-refractivity contribution in [2.24, 2.45) is 5.10 Å². The molecule has 0 bridgehead atoms. The molecule has 20 heavy (non-hydrogen) atoms. The second-order valence-corrected chi connectivity index (χ2v) is 5.30. The van der Waals surface area contributed by atoms with Crippen LogP contribution in [0.1, 0.15) is 55.1 Å². The van der Waals surface area contributed by atoms with Crippen molar-refractivity contribution in [2.45, 2.75) is 52.0 Å². The lowest BCUT2D eigenvalue weighted by Crippen LogP contribution is -2.16. The quantitative estimate of drug-likeness (QED) is 0.522. The lowest BCUT2D eigenvalue weighted by molar-refractivity contribution is -0.115. The van der Waals surface area contributed by atoms with Crippen LogP contribution in [-0.2, 0) is 4.79 Å². The molecule has 1 aliphatic rings.